The normalized spacial score (nSPS) is 68.3. The summed E-state index contributed by atoms with van der Waals surface area (Å²) in [6, 6.07) is 0. The lowest BCUT2D eigenvalue weighted by molar-refractivity contribution is 0.372. The van der Waals surface area contributed by atoms with Crippen molar-refractivity contribution in [1.82, 2.24) is 0 Å². The van der Waals surface area contributed by atoms with Gasteiger partial charge in [-0.3, -0.25) is 0 Å². The molecule has 2 N–H and O–H groups in total. The highest BCUT2D eigenvalue weighted by molar-refractivity contribution is 5.15. The summed E-state index contributed by atoms with van der Waals surface area (Å²) in [6.45, 7) is 0. The van der Waals surface area contributed by atoms with Gasteiger partial charge < -0.3 is 5.73 Å². The van der Waals surface area contributed by atoms with Crippen LogP contribution in [0.25, 0.3) is 0 Å². The second-order valence-electron chi connectivity index (χ2n) is 4.33. The van der Waals surface area contributed by atoms with Crippen molar-refractivity contribution in [3.63, 3.8) is 0 Å². The minimum absolute atomic E-state index is 0.343. The molecule has 1 heteroatoms. The molecular weight excluding hydrogens is 110 g/mol. The van der Waals surface area contributed by atoms with E-state index in [0.717, 1.165) is 17.8 Å². The van der Waals surface area contributed by atoms with Crippen molar-refractivity contribution in [2.45, 2.75) is 31.2 Å². The quantitative estimate of drug-likeness (QED) is 0.513. The van der Waals surface area contributed by atoms with E-state index in [1.807, 2.05) is 0 Å². The maximum atomic E-state index is 6.19. The fourth-order valence-corrected chi connectivity index (χ4v) is 3.57. The van der Waals surface area contributed by atoms with Gasteiger partial charge >= 0.3 is 0 Å². The van der Waals surface area contributed by atoms with E-state index in [2.05, 4.69) is 0 Å². The zero-order valence-corrected chi connectivity index (χ0v) is 5.64. The summed E-state index contributed by atoms with van der Waals surface area (Å²) < 4.78 is 0. The Hall–Kier alpha value is -0.0400. The van der Waals surface area contributed by atoms with E-state index in [9.17, 15) is 0 Å². The average Bonchev–Trinajstić information content (AvgIpc) is 2.27. The molecule has 0 spiro atoms. The molecule has 4 aliphatic rings. The molecule has 1 nitrogen and oxygen atoms in total. The maximum absolute atomic E-state index is 6.19. The van der Waals surface area contributed by atoms with Gasteiger partial charge in [0.15, 0.2) is 0 Å². The van der Waals surface area contributed by atoms with Crippen molar-refractivity contribution in [2.75, 3.05) is 0 Å². The van der Waals surface area contributed by atoms with Crippen LogP contribution in [0.4, 0.5) is 0 Å². The Morgan fingerprint density at radius 1 is 1.11 bits per heavy atom. The summed E-state index contributed by atoms with van der Waals surface area (Å²) in [5.74, 6) is 3.05. The second-order valence-corrected chi connectivity index (χ2v) is 4.33. The molecule has 0 radical (unpaired) electrons. The van der Waals surface area contributed by atoms with Crippen LogP contribution in [-0.2, 0) is 0 Å². The van der Waals surface area contributed by atoms with Crippen molar-refractivity contribution < 1.29 is 0 Å². The van der Waals surface area contributed by atoms with Gasteiger partial charge in [0.1, 0.15) is 0 Å². The Kier molecular flexibility index (Phi) is 0.563. The minimum atomic E-state index is 0.343. The van der Waals surface area contributed by atoms with Gasteiger partial charge in [-0.05, 0) is 43.4 Å². The molecule has 4 rings (SSSR count). The summed E-state index contributed by atoms with van der Waals surface area (Å²) in [6.07, 6.45) is 5.67. The van der Waals surface area contributed by atoms with E-state index < -0.39 is 0 Å². The van der Waals surface area contributed by atoms with Crippen molar-refractivity contribution >= 4 is 0 Å². The molecule has 0 saturated heterocycles. The zero-order valence-electron chi connectivity index (χ0n) is 5.64. The van der Waals surface area contributed by atoms with Crippen LogP contribution in [0, 0.1) is 17.8 Å². The minimum Gasteiger partial charge on any atom is -0.325 e. The zero-order chi connectivity index (χ0) is 6.06. The van der Waals surface area contributed by atoms with Crippen LogP contribution in [0.5, 0.6) is 0 Å². The summed E-state index contributed by atoms with van der Waals surface area (Å²) in [4.78, 5) is 0. The summed E-state index contributed by atoms with van der Waals surface area (Å²) in [5.41, 5.74) is 6.53. The molecule has 2 unspecified atom stereocenters. The van der Waals surface area contributed by atoms with Crippen LogP contribution in [0.3, 0.4) is 0 Å². The molecule has 0 amide bonds. The lowest BCUT2D eigenvalue weighted by atomic mass is 9.92. The van der Waals surface area contributed by atoms with Crippen molar-refractivity contribution in [3.8, 4) is 0 Å². The molecule has 50 valence electrons. The summed E-state index contributed by atoms with van der Waals surface area (Å²) in [7, 11) is 0. The molecule has 4 saturated carbocycles. The fourth-order valence-electron chi connectivity index (χ4n) is 3.57. The summed E-state index contributed by atoms with van der Waals surface area (Å²) in [5, 5.41) is 0. The standard InChI is InChI=1S/C8H13N/c9-8-3-5-1-7(8)2-6(5)4-8/h5-7H,1-4,9H2. The van der Waals surface area contributed by atoms with Crippen molar-refractivity contribution in [3.05, 3.63) is 0 Å². The van der Waals surface area contributed by atoms with Gasteiger partial charge in [-0.25, -0.2) is 0 Å². The lowest BCUT2D eigenvalue weighted by Crippen LogP contribution is -2.38. The van der Waals surface area contributed by atoms with Gasteiger partial charge in [-0.15, -0.1) is 0 Å². The lowest BCUT2D eigenvalue weighted by Gasteiger charge is -2.22. The maximum Gasteiger partial charge on any atom is 0.0188 e. The predicted octanol–water partition coefficient (Wildman–Crippen LogP) is 1.13. The Balaban J connectivity index is 2.14. The first-order valence-corrected chi connectivity index (χ1v) is 4.07. The highest BCUT2D eigenvalue weighted by atomic mass is 14.9. The molecule has 0 aromatic carbocycles. The van der Waals surface area contributed by atoms with Gasteiger partial charge in [0.2, 0.25) is 0 Å². The van der Waals surface area contributed by atoms with Crippen LogP contribution < -0.4 is 5.73 Å². The van der Waals surface area contributed by atoms with Crippen LogP contribution in [0.1, 0.15) is 25.7 Å². The molecule has 0 aliphatic heterocycles. The number of nitrogens with two attached hydrogens (primary N) is 1. The SMILES string of the molecule is NC12CC3CC1CC3C2. The molecule has 4 fully saturated rings. The van der Waals surface area contributed by atoms with Gasteiger partial charge in [-0.1, -0.05) is 0 Å². The molecule has 0 aromatic rings. The molecule has 4 bridgehead atoms. The van der Waals surface area contributed by atoms with Crippen molar-refractivity contribution in [1.29, 1.82) is 0 Å². The molecule has 9 heavy (non-hydrogen) atoms. The van der Waals surface area contributed by atoms with Gasteiger partial charge in [0, 0.05) is 5.54 Å². The molecule has 2 atom stereocenters. The Morgan fingerprint density at radius 2 is 1.67 bits per heavy atom. The Morgan fingerprint density at radius 3 is 1.78 bits per heavy atom. The first-order chi connectivity index (χ1) is 4.28. The van der Waals surface area contributed by atoms with E-state index in [1.54, 1.807) is 0 Å². The third-order valence-electron chi connectivity index (χ3n) is 3.94. The van der Waals surface area contributed by atoms with Gasteiger partial charge in [-0.2, -0.15) is 0 Å². The Labute approximate surface area is 55.6 Å². The first kappa shape index (κ1) is 4.73. The number of hydrogen-bond acceptors (Lipinski definition) is 1. The molecular formula is C8H13N. The van der Waals surface area contributed by atoms with Crippen LogP contribution >= 0.6 is 0 Å². The third kappa shape index (κ3) is 0.362. The van der Waals surface area contributed by atoms with Gasteiger partial charge in [0.05, 0.1) is 0 Å². The number of rotatable bonds is 0. The molecule has 4 aliphatic carbocycles. The highest BCUT2D eigenvalue weighted by Gasteiger charge is 2.60. The van der Waals surface area contributed by atoms with Gasteiger partial charge in [0.25, 0.3) is 0 Å². The average molecular weight is 123 g/mol. The highest BCUT2D eigenvalue weighted by Crippen LogP contribution is 2.63. The summed E-state index contributed by atoms with van der Waals surface area (Å²) >= 11 is 0. The number of hydrogen-bond donors (Lipinski definition) is 1. The van der Waals surface area contributed by atoms with Crippen molar-refractivity contribution in [2.24, 2.45) is 23.5 Å². The largest absolute Gasteiger partial charge is 0.325 e. The van der Waals surface area contributed by atoms with E-state index in [0.29, 0.717) is 5.54 Å². The topological polar surface area (TPSA) is 26.0 Å². The van der Waals surface area contributed by atoms with E-state index in [-0.39, 0.29) is 0 Å². The second kappa shape index (κ2) is 1.07. The first-order valence-electron chi connectivity index (χ1n) is 4.07. The van der Waals surface area contributed by atoms with Crippen LogP contribution in [-0.4, -0.2) is 5.54 Å². The fraction of sp³-hybridized carbons (Fsp3) is 1.00. The Bertz CT molecular complexity index is 150. The smallest absolute Gasteiger partial charge is 0.0188 e. The third-order valence-corrected chi connectivity index (χ3v) is 3.94. The van der Waals surface area contributed by atoms with Crippen LogP contribution in [0.15, 0.2) is 0 Å². The molecule has 0 heterocycles. The predicted molar refractivity (Wildman–Crippen MR) is 35.9 cm³/mol. The van der Waals surface area contributed by atoms with Crippen LogP contribution in [0.2, 0.25) is 0 Å². The molecule has 0 aromatic heterocycles. The van der Waals surface area contributed by atoms with E-state index >= 15 is 0 Å². The van der Waals surface area contributed by atoms with E-state index in [1.165, 1.54) is 25.7 Å². The van der Waals surface area contributed by atoms with E-state index in [4.69, 9.17) is 5.73 Å². The monoisotopic (exact) mass is 123 g/mol.